The summed E-state index contributed by atoms with van der Waals surface area (Å²) in [5, 5.41) is 7.01. The Labute approximate surface area is 247 Å². The number of halogens is 1. The molecular weight excluding hydrogens is 566 g/mol. The number of fused-ring (bicyclic) bond motifs is 2. The van der Waals surface area contributed by atoms with Crippen molar-refractivity contribution < 1.29 is 14.3 Å². The van der Waals surface area contributed by atoms with E-state index < -0.39 is 0 Å². The standard InChI is InChI=1S/C29H29N5O3S2.ClH/c1-36-23-9-10-24(37-2)27-26(23)32-29(39-27)34-15-13-33(14-16-34)12-11-30-28(35)20-18-22(25-8-5-17-38-25)31-21-7-4-3-6-19(20)21;/h3-10,17-18H,11-16H2,1-2H3,(H,30,35);1H. The molecule has 0 atom stereocenters. The molecule has 3 aromatic heterocycles. The van der Waals surface area contributed by atoms with E-state index in [1.54, 1.807) is 36.9 Å². The normalized spacial score (nSPS) is 13.8. The number of ether oxygens (including phenoxy) is 2. The Balaban J connectivity index is 0.00000323. The molecule has 1 aliphatic rings. The first-order valence-corrected chi connectivity index (χ1v) is 14.5. The third kappa shape index (κ3) is 5.57. The molecule has 208 valence electrons. The molecule has 1 N–H and O–H groups in total. The molecular formula is C29H30ClN5O3S2. The monoisotopic (exact) mass is 595 g/mol. The van der Waals surface area contributed by atoms with Crippen LogP contribution in [0.4, 0.5) is 5.13 Å². The predicted molar refractivity (Wildman–Crippen MR) is 166 cm³/mol. The molecule has 0 aliphatic carbocycles. The molecule has 5 aromatic rings. The highest BCUT2D eigenvalue weighted by Gasteiger charge is 2.22. The topological polar surface area (TPSA) is 79.8 Å². The molecule has 0 saturated carbocycles. The van der Waals surface area contributed by atoms with E-state index in [0.29, 0.717) is 12.1 Å². The van der Waals surface area contributed by atoms with Crippen molar-refractivity contribution in [1.29, 1.82) is 0 Å². The summed E-state index contributed by atoms with van der Waals surface area (Å²) in [7, 11) is 3.34. The van der Waals surface area contributed by atoms with Gasteiger partial charge in [-0.25, -0.2) is 9.97 Å². The Morgan fingerprint density at radius 1 is 0.975 bits per heavy atom. The summed E-state index contributed by atoms with van der Waals surface area (Å²) in [6.45, 7) is 4.93. The molecule has 1 fully saturated rings. The number of para-hydroxylation sites is 1. The molecule has 0 bridgehead atoms. The molecule has 0 spiro atoms. The number of benzene rings is 2. The van der Waals surface area contributed by atoms with Gasteiger partial charge >= 0.3 is 0 Å². The minimum absolute atomic E-state index is 0. The van der Waals surface area contributed by atoms with Crippen molar-refractivity contribution in [2.45, 2.75) is 0 Å². The summed E-state index contributed by atoms with van der Waals surface area (Å²) in [6.07, 6.45) is 0. The largest absolute Gasteiger partial charge is 0.495 e. The number of thiazole rings is 1. The number of piperazine rings is 1. The lowest BCUT2D eigenvalue weighted by atomic mass is 10.1. The van der Waals surface area contributed by atoms with Gasteiger partial charge in [0.25, 0.3) is 5.91 Å². The van der Waals surface area contributed by atoms with Gasteiger partial charge < -0.3 is 19.7 Å². The van der Waals surface area contributed by atoms with E-state index in [1.165, 1.54) is 0 Å². The maximum absolute atomic E-state index is 13.3. The fraction of sp³-hybridized carbons (Fsp3) is 0.276. The molecule has 0 radical (unpaired) electrons. The average Bonchev–Trinajstić information content (AvgIpc) is 3.68. The number of nitrogens with one attached hydrogen (secondary N) is 1. The van der Waals surface area contributed by atoms with Crippen LogP contribution in [-0.4, -0.2) is 74.3 Å². The van der Waals surface area contributed by atoms with Gasteiger partial charge in [0.2, 0.25) is 0 Å². The van der Waals surface area contributed by atoms with E-state index in [2.05, 4.69) is 15.1 Å². The molecule has 1 aliphatic heterocycles. The van der Waals surface area contributed by atoms with Crippen LogP contribution in [0.2, 0.25) is 0 Å². The number of hydrogen-bond donors (Lipinski definition) is 1. The van der Waals surface area contributed by atoms with Crippen LogP contribution in [0.25, 0.3) is 31.7 Å². The van der Waals surface area contributed by atoms with Crippen LogP contribution in [-0.2, 0) is 0 Å². The number of nitrogens with zero attached hydrogens (tertiary/aromatic N) is 4. The highest BCUT2D eigenvalue weighted by atomic mass is 35.5. The minimum atomic E-state index is -0.0672. The zero-order valence-electron chi connectivity index (χ0n) is 22.3. The maximum atomic E-state index is 13.3. The Morgan fingerprint density at radius 3 is 2.50 bits per heavy atom. The van der Waals surface area contributed by atoms with Gasteiger partial charge in [-0.05, 0) is 35.7 Å². The van der Waals surface area contributed by atoms with Gasteiger partial charge in [0.05, 0.1) is 35.9 Å². The van der Waals surface area contributed by atoms with E-state index in [0.717, 1.165) is 81.0 Å². The van der Waals surface area contributed by atoms with Crippen LogP contribution < -0.4 is 19.7 Å². The van der Waals surface area contributed by atoms with Crippen molar-refractivity contribution >= 4 is 67.2 Å². The van der Waals surface area contributed by atoms with Crippen molar-refractivity contribution in [3.63, 3.8) is 0 Å². The zero-order valence-corrected chi connectivity index (χ0v) is 24.7. The summed E-state index contributed by atoms with van der Waals surface area (Å²) in [4.78, 5) is 28.7. The quantitative estimate of drug-likeness (QED) is 0.251. The molecule has 1 saturated heterocycles. The first-order valence-electron chi connectivity index (χ1n) is 12.9. The molecule has 4 heterocycles. The number of hydrogen-bond acceptors (Lipinski definition) is 9. The van der Waals surface area contributed by atoms with E-state index >= 15 is 0 Å². The lowest BCUT2D eigenvalue weighted by Crippen LogP contribution is -2.48. The van der Waals surface area contributed by atoms with Crippen molar-refractivity contribution in [3.05, 3.63) is 65.5 Å². The number of aromatic nitrogens is 2. The lowest BCUT2D eigenvalue weighted by Gasteiger charge is -2.34. The Morgan fingerprint density at radius 2 is 1.75 bits per heavy atom. The van der Waals surface area contributed by atoms with E-state index in [9.17, 15) is 4.79 Å². The fourth-order valence-corrected chi connectivity index (χ4v) is 6.72. The van der Waals surface area contributed by atoms with Crippen molar-refractivity contribution in [2.24, 2.45) is 0 Å². The summed E-state index contributed by atoms with van der Waals surface area (Å²) >= 11 is 3.26. The summed E-state index contributed by atoms with van der Waals surface area (Å²) < 4.78 is 12.1. The third-order valence-electron chi connectivity index (χ3n) is 6.99. The van der Waals surface area contributed by atoms with Gasteiger partial charge in [-0.1, -0.05) is 35.6 Å². The second-order valence-electron chi connectivity index (χ2n) is 9.28. The molecule has 8 nitrogen and oxygen atoms in total. The first kappa shape index (κ1) is 28.1. The molecule has 2 aromatic carbocycles. The van der Waals surface area contributed by atoms with Crippen LogP contribution in [0.1, 0.15) is 10.4 Å². The number of methoxy groups -OCH3 is 2. The van der Waals surface area contributed by atoms with Gasteiger partial charge in [-0.15, -0.1) is 23.7 Å². The van der Waals surface area contributed by atoms with E-state index in [4.69, 9.17) is 19.4 Å². The van der Waals surface area contributed by atoms with Crippen molar-refractivity contribution in [1.82, 2.24) is 20.2 Å². The fourth-order valence-electron chi connectivity index (χ4n) is 4.91. The maximum Gasteiger partial charge on any atom is 0.252 e. The van der Waals surface area contributed by atoms with Crippen molar-refractivity contribution in [3.8, 4) is 22.1 Å². The molecule has 1 amide bonds. The number of pyridine rings is 1. The van der Waals surface area contributed by atoms with Crippen molar-refractivity contribution in [2.75, 3.05) is 58.4 Å². The Bertz CT molecular complexity index is 1580. The third-order valence-corrected chi connectivity index (χ3v) is 9.01. The summed E-state index contributed by atoms with van der Waals surface area (Å²) in [6, 6.07) is 17.6. The minimum Gasteiger partial charge on any atom is -0.495 e. The molecule has 6 rings (SSSR count). The number of amides is 1. The average molecular weight is 596 g/mol. The first-order chi connectivity index (χ1) is 19.1. The van der Waals surface area contributed by atoms with Gasteiger partial charge in [0, 0.05) is 44.7 Å². The van der Waals surface area contributed by atoms with Gasteiger partial charge in [0.15, 0.2) is 5.13 Å². The molecule has 40 heavy (non-hydrogen) atoms. The Kier molecular flexibility index (Phi) is 8.70. The van der Waals surface area contributed by atoms with Gasteiger partial charge in [0.1, 0.15) is 21.7 Å². The number of thiophene rings is 1. The molecule has 11 heteroatoms. The second-order valence-corrected chi connectivity index (χ2v) is 11.2. The summed E-state index contributed by atoms with van der Waals surface area (Å²) in [5.74, 6) is 1.50. The molecule has 0 unspecified atom stereocenters. The van der Waals surface area contributed by atoms with E-state index in [-0.39, 0.29) is 18.3 Å². The highest BCUT2D eigenvalue weighted by Crippen LogP contribution is 2.40. The van der Waals surface area contributed by atoms with Crippen LogP contribution in [0.5, 0.6) is 11.5 Å². The number of carbonyl (C=O) groups is 1. The lowest BCUT2D eigenvalue weighted by molar-refractivity contribution is 0.0949. The highest BCUT2D eigenvalue weighted by molar-refractivity contribution is 7.22. The Hall–Kier alpha value is -3.44. The zero-order chi connectivity index (χ0) is 26.8. The van der Waals surface area contributed by atoms with Crippen LogP contribution in [0.15, 0.2) is 60.0 Å². The predicted octanol–water partition coefficient (Wildman–Crippen LogP) is 5.56. The van der Waals surface area contributed by atoms with Gasteiger partial charge in [-0.3, -0.25) is 9.69 Å². The number of anilines is 1. The van der Waals surface area contributed by atoms with E-state index in [1.807, 2.05) is 60.0 Å². The summed E-state index contributed by atoms with van der Waals surface area (Å²) in [5.41, 5.74) is 3.16. The van der Waals surface area contributed by atoms with Crippen LogP contribution in [0.3, 0.4) is 0 Å². The van der Waals surface area contributed by atoms with Gasteiger partial charge in [-0.2, -0.15) is 0 Å². The smallest absolute Gasteiger partial charge is 0.252 e. The SMILES string of the molecule is COc1ccc(OC)c2sc(N3CCN(CCNC(=O)c4cc(-c5cccs5)nc5ccccc45)CC3)nc12.Cl. The number of rotatable bonds is 8. The number of carbonyl (C=O) groups excluding carboxylic acids is 1. The van der Waals surface area contributed by atoms with Crippen LogP contribution >= 0.6 is 35.1 Å². The second kappa shape index (κ2) is 12.4. The van der Waals surface area contributed by atoms with Crippen LogP contribution in [0, 0.1) is 0 Å².